The molecule has 0 aliphatic rings. The van der Waals surface area contributed by atoms with Gasteiger partial charge in [0.1, 0.15) is 11.6 Å². The summed E-state index contributed by atoms with van der Waals surface area (Å²) in [5, 5.41) is 0. The van der Waals surface area contributed by atoms with Crippen molar-refractivity contribution in [1.29, 1.82) is 0 Å². The van der Waals surface area contributed by atoms with E-state index in [-0.39, 0.29) is 5.82 Å². The summed E-state index contributed by atoms with van der Waals surface area (Å²) in [5.41, 5.74) is 2.36. The van der Waals surface area contributed by atoms with Crippen molar-refractivity contribution in [3.8, 4) is 11.4 Å². The van der Waals surface area contributed by atoms with Crippen molar-refractivity contribution >= 4 is 39.2 Å². The third-order valence-corrected chi connectivity index (χ3v) is 3.99. The van der Waals surface area contributed by atoms with E-state index in [1.807, 2.05) is 18.2 Å². The monoisotopic (exact) mass is 352 g/mol. The van der Waals surface area contributed by atoms with Gasteiger partial charge >= 0.3 is 0 Å². The van der Waals surface area contributed by atoms with E-state index in [4.69, 9.17) is 17.0 Å². The van der Waals surface area contributed by atoms with E-state index in [1.165, 1.54) is 12.1 Å². The third-order valence-electron chi connectivity index (χ3n) is 3.04. The van der Waals surface area contributed by atoms with Gasteiger partial charge in [0.25, 0.3) is 0 Å². The molecule has 6 heteroatoms. The number of imidazole rings is 1. The maximum atomic E-state index is 13.5. The molecular formula is C14H10BrFN2OS. The summed E-state index contributed by atoms with van der Waals surface area (Å²) in [5.74, 6) is 0.423. The topological polar surface area (TPSA) is 29.9 Å². The van der Waals surface area contributed by atoms with Gasteiger partial charge in [-0.3, -0.25) is 4.57 Å². The SMILES string of the molecule is COc1ccc2c(c1)[nH]c(=S)n2-c1cc(F)ccc1Br. The van der Waals surface area contributed by atoms with Crippen molar-refractivity contribution in [2.45, 2.75) is 0 Å². The summed E-state index contributed by atoms with van der Waals surface area (Å²) in [6.45, 7) is 0. The second kappa shape index (κ2) is 5.03. The Morgan fingerprint density at radius 3 is 2.80 bits per heavy atom. The maximum Gasteiger partial charge on any atom is 0.182 e. The first-order valence-corrected chi connectivity index (χ1v) is 7.04. The zero-order valence-electron chi connectivity index (χ0n) is 10.5. The standard InChI is InChI=1S/C14H10BrFN2OS/c1-19-9-3-5-12-11(7-9)17-14(20)18(12)13-6-8(16)2-4-10(13)15/h2-7H,1H3,(H,17,20). The van der Waals surface area contributed by atoms with Crippen LogP contribution in [0.1, 0.15) is 0 Å². The van der Waals surface area contributed by atoms with E-state index in [2.05, 4.69) is 20.9 Å². The highest BCUT2D eigenvalue weighted by atomic mass is 79.9. The lowest BCUT2D eigenvalue weighted by Crippen LogP contribution is -1.96. The summed E-state index contributed by atoms with van der Waals surface area (Å²) in [7, 11) is 1.61. The molecular weight excluding hydrogens is 343 g/mol. The minimum Gasteiger partial charge on any atom is -0.497 e. The fourth-order valence-corrected chi connectivity index (χ4v) is 2.84. The van der Waals surface area contributed by atoms with E-state index in [9.17, 15) is 4.39 Å². The lowest BCUT2D eigenvalue weighted by Gasteiger charge is -2.07. The lowest BCUT2D eigenvalue weighted by molar-refractivity contribution is 0.415. The second-order valence-corrected chi connectivity index (χ2v) is 5.49. The number of aromatic nitrogens is 2. The number of hydrogen-bond donors (Lipinski definition) is 1. The number of ether oxygens (including phenoxy) is 1. The van der Waals surface area contributed by atoms with Gasteiger partial charge in [0, 0.05) is 10.5 Å². The van der Waals surface area contributed by atoms with Crippen molar-refractivity contribution in [3.63, 3.8) is 0 Å². The smallest absolute Gasteiger partial charge is 0.182 e. The summed E-state index contributed by atoms with van der Waals surface area (Å²) in [4.78, 5) is 3.10. The van der Waals surface area contributed by atoms with Crippen LogP contribution >= 0.6 is 28.1 Å². The quantitative estimate of drug-likeness (QED) is 0.683. The summed E-state index contributed by atoms with van der Waals surface area (Å²) >= 11 is 8.77. The number of fused-ring (bicyclic) bond motifs is 1. The van der Waals surface area contributed by atoms with Gasteiger partial charge in [-0.15, -0.1) is 0 Å². The number of nitrogens with one attached hydrogen (secondary N) is 1. The van der Waals surface area contributed by atoms with Crippen LogP contribution < -0.4 is 4.74 Å². The Balaban J connectivity index is 2.33. The largest absolute Gasteiger partial charge is 0.497 e. The van der Waals surface area contributed by atoms with Gasteiger partial charge in [-0.2, -0.15) is 0 Å². The van der Waals surface area contributed by atoms with Crippen LogP contribution in [-0.2, 0) is 0 Å². The predicted molar refractivity (Wildman–Crippen MR) is 82.7 cm³/mol. The fraction of sp³-hybridized carbons (Fsp3) is 0.0714. The molecule has 0 radical (unpaired) electrons. The number of methoxy groups -OCH3 is 1. The van der Waals surface area contributed by atoms with Crippen molar-refractivity contribution < 1.29 is 9.13 Å². The molecule has 0 fully saturated rings. The highest BCUT2D eigenvalue weighted by molar-refractivity contribution is 9.10. The van der Waals surface area contributed by atoms with Crippen LogP contribution in [0.5, 0.6) is 5.75 Å². The average molecular weight is 353 g/mol. The Bertz CT molecular complexity index is 856. The molecule has 3 nitrogen and oxygen atoms in total. The molecule has 1 aromatic heterocycles. The van der Waals surface area contributed by atoms with Gasteiger partial charge in [-0.1, -0.05) is 0 Å². The Labute approximate surface area is 128 Å². The Kier molecular flexibility index (Phi) is 3.35. The van der Waals surface area contributed by atoms with Crippen LogP contribution in [-0.4, -0.2) is 16.7 Å². The van der Waals surface area contributed by atoms with Gasteiger partial charge in [0.05, 0.1) is 23.8 Å². The zero-order chi connectivity index (χ0) is 14.3. The molecule has 0 spiro atoms. The molecule has 0 atom stereocenters. The van der Waals surface area contributed by atoms with E-state index in [0.29, 0.717) is 10.5 Å². The van der Waals surface area contributed by atoms with Gasteiger partial charge in [-0.25, -0.2) is 4.39 Å². The Morgan fingerprint density at radius 1 is 1.25 bits per heavy atom. The number of aromatic amines is 1. The van der Waals surface area contributed by atoms with Crippen LogP contribution in [0.15, 0.2) is 40.9 Å². The van der Waals surface area contributed by atoms with Crippen molar-refractivity contribution in [2.24, 2.45) is 0 Å². The highest BCUT2D eigenvalue weighted by Crippen LogP contribution is 2.28. The molecule has 3 rings (SSSR count). The molecule has 0 bridgehead atoms. The first-order chi connectivity index (χ1) is 9.60. The molecule has 3 aromatic rings. The minimum atomic E-state index is -0.312. The molecule has 0 aliphatic carbocycles. The number of rotatable bonds is 2. The number of halogens is 2. The normalized spacial score (nSPS) is 10.9. The van der Waals surface area contributed by atoms with Crippen LogP contribution in [0.2, 0.25) is 0 Å². The molecule has 20 heavy (non-hydrogen) atoms. The fourth-order valence-electron chi connectivity index (χ4n) is 2.11. The number of nitrogens with zero attached hydrogens (tertiary/aromatic N) is 1. The van der Waals surface area contributed by atoms with E-state index in [0.717, 1.165) is 21.3 Å². The molecule has 1 heterocycles. The average Bonchev–Trinajstić information content (AvgIpc) is 2.76. The molecule has 102 valence electrons. The predicted octanol–water partition coefficient (Wildman–Crippen LogP) is 4.60. The van der Waals surface area contributed by atoms with Crippen LogP contribution in [0.4, 0.5) is 4.39 Å². The van der Waals surface area contributed by atoms with Crippen LogP contribution in [0.3, 0.4) is 0 Å². The number of H-pyrrole nitrogens is 1. The molecule has 0 saturated heterocycles. The summed E-state index contributed by atoms with van der Waals surface area (Å²) in [6.07, 6.45) is 0. The lowest BCUT2D eigenvalue weighted by atomic mass is 10.2. The number of benzene rings is 2. The molecule has 0 aliphatic heterocycles. The van der Waals surface area contributed by atoms with Crippen molar-refractivity contribution in [2.75, 3.05) is 7.11 Å². The Morgan fingerprint density at radius 2 is 2.05 bits per heavy atom. The molecule has 2 aromatic carbocycles. The minimum absolute atomic E-state index is 0.312. The van der Waals surface area contributed by atoms with Crippen molar-refractivity contribution in [3.05, 3.63) is 51.5 Å². The Hall–Kier alpha value is -1.66. The molecule has 0 unspecified atom stereocenters. The third kappa shape index (κ3) is 2.14. The van der Waals surface area contributed by atoms with Gasteiger partial charge < -0.3 is 9.72 Å². The maximum absolute atomic E-state index is 13.5. The highest BCUT2D eigenvalue weighted by Gasteiger charge is 2.11. The van der Waals surface area contributed by atoms with E-state index >= 15 is 0 Å². The second-order valence-electron chi connectivity index (χ2n) is 4.24. The van der Waals surface area contributed by atoms with Gasteiger partial charge in [-0.05, 0) is 58.5 Å². The zero-order valence-corrected chi connectivity index (χ0v) is 12.9. The van der Waals surface area contributed by atoms with E-state index < -0.39 is 0 Å². The van der Waals surface area contributed by atoms with Gasteiger partial charge in [0.15, 0.2) is 4.77 Å². The molecule has 1 N–H and O–H groups in total. The molecule has 0 amide bonds. The summed E-state index contributed by atoms with van der Waals surface area (Å²) < 4.78 is 21.7. The summed E-state index contributed by atoms with van der Waals surface area (Å²) in [6, 6.07) is 10.1. The first-order valence-electron chi connectivity index (χ1n) is 5.84. The van der Waals surface area contributed by atoms with Crippen LogP contribution in [0.25, 0.3) is 16.7 Å². The van der Waals surface area contributed by atoms with Gasteiger partial charge in [0.2, 0.25) is 0 Å². The van der Waals surface area contributed by atoms with Crippen LogP contribution in [0, 0.1) is 10.6 Å². The number of hydrogen-bond acceptors (Lipinski definition) is 2. The molecule has 0 saturated carbocycles. The first kappa shape index (κ1) is 13.3. The van der Waals surface area contributed by atoms with E-state index in [1.54, 1.807) is 17.7 Å². The van der Waals surface area contributed by atoms with Crippen molar-refractivity contribution in [1.82, 2.24) is 9.55 Å².